The molecule has 0 bridgehead atoms. The predicted molar refractivity (Wildman–Crippen MR) is 135 cm³/mol. The Hall–Kier alpha value is -4.29. The van der Waals surface area contributed by atoms with Gasteiger partial charge in [0.1, 0.15) is 5.58 Å². The van der Waals surface area contributed by atoms with Gasteiger partial charge in [0.15, 0.2) is 11.5 Å². The second-order valence-electron chi connectivity index (χ2n) is 8.51. The van der Waals surface area contributed by atoms with Crippen molar-refractivity contribution in [3.8, 4) is 0 Å². The smallest absolute Gasteiger partial charge is 0.294 e. The van der Waals surface area contributed by atoms with Crippen LogP contribution in [0.4, 0.5) is 5.69 Å². The first-order valence-electron chi connectivity index (χ1n) is 11.0. The summed E-state index contributed by atoms with van der Waals surface area (Å²) in [5.41, 5.74) is 2.71. The minimum Gasteiger partial charge on any atom is -0.503 e. The van der Waals surface area contributed by atoms with Gasteiger partial charge in [0.05, 0.1) is 11.6 Å². The number of hydrogen-bond acceptors (Lipinski definition) is 4. The van der Waals surface area contributed by atoms with Gasteiger partial charge in [-0.05, 0) is 42.5 Å². The number of benzene rings is 3. The van der Waals surface area contributed by atoms with Crippen LogP contribution in [0.15, 0.2) is 101 Å². The highest BCUT2D eigenvalue weighted by Gasteiger charge is 2.46. The van der Waals surface area contributed by atoms with Gasteiger partial charge in [0, 0.05) is 45.8 Å². The van der Waals surface area contributed by atoms with Gasteiger partial charge in [0.25, 0.3) is 5.91 Å². The van der Waals surface area contributed by atoms with Gasteiger partial charge in [-0.25, -0.2) is 0 Å². The van der Waals surface area contributed by atoms with E-state index in [-0.39, 0.29) is 11.3 Å². The van der Waals surface area contributed by atoms with Gasteiger partial charge >= 0.3 is 0 Å². The summed E-state index contributed by atoms with van der Waals surface area (Å²) < 4.78 is 7.75. The Morgan fingerprint density at radius 1 is 1.00 bits per heavy atom. The van der Waals surface area contributed by atoms with E-state index in [1.165, 1.54) is 4.90 Å². The van der Waals surface area contributed by atoms with Crippen LogP contribution in [0.25, 0.3) is 21.9 Å². The zero-order valence-corrected chi connectivity index (χ0v) is 19.4. The number of aliphatic hydroxyl groups excluding tert-OH is 1. The molecule has 6 rings (SSSR count). The van der Waals surface area contributed by atoms with E-state index >= 15 is 0 Å². The van der Waals surface area contributed by atoms with Gasteiger partial charge in [-0.3, -0.25) is 14.5 Å². The average molecular weight is 483 g/mol. The highest BCUT2D eigenvalue weighted by molar-refractivity contribution is 6.31. The summed E-state index contributed by atoms with van der Waals surface area (Å²) in [5, 5.41) is 13.1. The van der Waals surface area contributed by atoms with E-state index in [2.05, 4.69) is 0 Å². The highest BCUT2D eigenvalue weighted by Crippen LogP contribution is 2.44. The molecule has 0 saturated heterocycles. The first-order valence-corrected chi connectivity index (χ1v) is 11.4. The molecule has 0 fully saturated rings. The topological polar surface area (TPSA) is 75.7 Å². The molecule has 3 aromatic carbocycles. The number of anilines is 1. The summed E-state index contributed by atoms with van der Waals surface area (Å²) >= 11 is 6.10. The van der Waals surface area contributed by atoms with Gasteiger partial charge in [-0.2, -0.15) is 0 Å². The van der Waals surface area contributed by atoms with E-state index in [0.717, 1.165) is 16.5 Å². The third-order valence-electron chi connectivity index (χ3n) is 6.41. The van der Waals surface area contributed by atoms with Crippen molar-refractivity contribution in [2.75, 3.05) is 4.90 Å². The summed E-state index contributed by atoms with van der Waals surface area (Å²) in [6.07, 6.45) is 1.89. The van der Waals surface area contributed by atoms with Crippen LogP contribution in [-0.2, 0) is 11.8 Å². The molecule has 172 valence electrons. The molecular weight excluding hydrogens is 464 g/mol. The summed E-state index contributed by atoms with van der Waals surface area (Å²) in [5.74, 6) is -1.76. The number of carbonyl (C=O) groups is 2. The van der Waals surface area contributed by atoms with Crippen molar-refractivity contribution in [2.45, 2.75) is 6.04 Å². The highest BCUT2D eigenvalue weighted by atomic mass is 35.5. The van der Waals surface area contributed by atoms with Gasteiger partial charge < -0.3 is 14.1 Å². The lowest BCUT2D eigenvalue weighted by atomic mass is 9.94. The van der Waals surface area contributed by atoms with Crippen LogP contribution in [0, 0.1) is 0 Å². The van der Waals surface area contributed by atoms with E-state index in [4.69, 9.17) is 16.0 Å². The first kappa shape index (κ1) is 21.3. The fourth-order valence-electron chi connectivity index (χ4n) is 4.84. The number of para-hydroxylation sites is 2. The van der Waals surface area contributed by atoms with Crippen LogP contribution >= 0.6 is 11.6 Å². The lowest BCUT2D eigenvalue weighted by Crippen LogP contribution is -2.30. The molecule has 1 unspecified atom stereocenters. The van der Waals surface area contributed by atoms with Gasteiger partial charge in [-0.1, -0.05) is 48.0 Å². The zero-order chi connectivity index (χ0) is 24.3. The molecule has 1 aliphatic heterocycles. The minimum absolute atomic E-state index is 0.0248. The molecule has 0 radical (unpaired) electrons. The van der Waals surface area contributed by atoms with Gasteiger partial charge in [0.2, 0.25) is 5.78 Å². The van der Waals surface area contributed by atoms with Crippen LogP contribution < -0.4 is 4.90 Å². The standard InChI is InChI=1S/C28H19ClN2O4/c1-30-15-20(19-9-5-6-10-21(19)30)25-24(27(33)28(34)31(25)18-7-3-2-4-8-18)26(32)23-14-16-13-17(29)11-12-22(16)35-23/h2-15,25,33H,1H3. The maximum atomic E-state index is 13.8. The maximum absolute atomic E-state index is 13.8. The number of nitrogens with zero attached hydrogens (tertiary/aromatic N) is 2. The Balaban J connectivity index is 1.57. The van der Waals surface area contributed by atoms with Crippen LogP contribution in [0.5, 0.6) is 0 Å². The van der Waals surface area contributed by atoms with Crippen molar-refractivity contribution in [1.82, 2.24) is 4.57 Å². The predicted octanol–water partition coefficient (Wildman–Crippen LogP) is 6.36. The van der Waals surface area contributed by atoms with Crippen molar-refractivity contribution in [3.05, 3.63) is 113 Å². The molecule has 1 atom stereocenters. The average Bonchev–Trinajstić information content (AvgIpc) is 3.51. The number of aliphatic hydroxyl groups is 1. The van der Waals surface area contributed by atoms with Crippen molar-refractivity contribution in [1.29, 1.82) is 0 Å². The van der Waals surface area contributed by atoms with Crippen LogP contribution in [0.2, 0.25) is 5.02 Å². The number of Topliss-reactive ketones (excluding diaryl/α,β-unsaturated/α-hetero) is 1. The summed E-state index contributed by atoms with van der Waals surface area (Å²) in [7, 11) is 1.91. The number of ketones is 1. The van der Waals surface area contributed by atoms with Crippen LogP contribution in [0.3, 0.4) is 0 Å². The Morgan fingerprint density at radius 3 is 2.54 bits per heavy atom. The SMILES string of the molecule is Cn1cc(C2C(C(=O)c3cc4cc(Cl)ccc4o3)=C(O)C(=O)N2c2ccccc2)c2ccccc21. The lowest BCUT2D eigenvalue weighted by molar-refractivity contribution is -0.117. The lowest BCUT2D eigenvalue weighted by Gasteiger charge is -2.26. The largest absolute Gasteiger partial charge is 0.503 e. The molecule has 1 aliphatic rings. The number of carbonyl (C=O) groups excluding carboxylic acids is 2. The number of fused-ring (bicyclic) bond motifs is 2. The number of aryl methyl sites for hydroxylation is 1. The molecule has 6 nitrogen and oxygen atoms in total. The molecule has 2 aromatic heterocycles. The molecule has 0 saturated carbocycles. The van der Waals surface area contributed by atoms with Crippen LogP contribution in [-0.4, -0.2) is 21.4 Å². The third kappa shape index (κ3) is 3.26. The van der Waals surface area contributed by atoms with Crippen molar-refractivity contribution in [3.63, 3.8) is 0 Å². The quantitative estimate of drug-likeness (QED) is 0.302. The number of hydrogen-bond donors (Lipinski definition) is 1. The van der Waals surface area contributed by atoms with Crippen LogP contribution in [0.1, 0.15) is 22.2 Å². The fourth-order valence-corrected chi connectivity index (χ4v) is 5.02. The second-order valence-corrected chi connectivity index (χ2v) is 8.95. The molecule has 0 aliphatic carbocycles. The second kappa shape index (κ2) is 7.89. The number of halogens is 1. The van der Waals surface area contributed by atoms with E-state index in [0.29, 0.717) is 21.7 Å². The molecule has 5 aromatic rings. The van der Waals surface area contributed by atoms with Gasteiger partial charge in [-0.15, -0.1) is 0 Å². The number of furan rings is 1. The minimum atomic E-state index is -0.847. The molecular formula is C28H19ClN2O4. The molecule has 3 heterocycles. The number of aromatic nitrogens is 1. The third-order valence-corrected chi connectivity index (χ3v) is 6.65. The van der Waals surface area contributed by atoms with E-state index in [9.17, 15) is 14.7 Å². The molecule has 7 heteroatoms. The molecule has 35 heavy (non-hydrogen) atoms. The maximum Gasteiger partial charge on any atom is 0.294 e. The number of rotatable bonds is 4. The van der Waals surface area contributed by atoms with Crippen molar-refractivity contribution < 1.29 is 19.1 Å². The van der Waals surface area contributed by atoms with E-state index in [1.54, 1.807) is 36.4 Å². The normalized spacial score (nSPS) is 16.1. The molecule has 1 amide bonds. The van der Waals surface area contributed by atoms with E-state index < -0.39 is 23.5 Å². The monoisotopic (exact) mass is 482 g/mol. The Bertz CT molecular complexity index is 1680. The van der Waals surface area contributed by atoms with Crippen molar-refractivity contribution in [2.24, 2.45) is 7.05 Å². The fraction of sp³-hybridized carbons (Fsp3) is 0.0714. The molecule has 1 N–H and O–H groups in total. The summed E-state index contributed by atoms with van der Waals surface area (Å²) in [6, 6.07) is 22.6. The zero-order valence-electron chi connectivity index (χ0n) is 18.6. The first-order chi connectivity index (χ1) is 16.9. The Morgan fingerprint density at radius 2 is 1.74 bits per heavy atom. The Labute approximate surface area is 205 Å². The number of amides is 1. The molecule has 0 spiro atoms. The van der Waals surface area contributed by atoms with Crippen molar-refractivity contribution >= 4 is 50.9 Å². The van der Waals surface area contributed by atoms with E-state index in [1.807, 2.05) is 60.3 Å². The summed E-state index contributed by atoms with van der Waals surface area (Å²) in [6.45, 7) is 0. The summed E-state index contributed by atoms with van der Waals surface area (Å²) in [4.78, 5) is 28.7. The Kier molecular flexibility index (Phi) is 4.79.